The van der Waals surface area contributed by atoms with Gasteiger partial charge in [0.05, 0.1) is 0 Å². The molecule has 3 amide bonds. The number of amides is 3. The molecule has 21 heavy (non-hydrogen) atoms. The molecular weight excluding hydrogens is 292 g/mol. The van der Waals surface area contributed by atoms with Crippen molar-refractivity contribution in [1.29, 1.82) is 0 Å². The standard InChI is InChI=1S/C14H22N4O2.ClH/c1-11(13(19)16-10-6-9-15-2)17-14(20)18-12-7-4-3-5-8-12;/h3-5,7-8,11,15H,6,9-10H2,1-2H3,(H,16,19)(H2,17,18,20);1H. The molecule has 0 aromatic heterocycles. The summed E-state index contributed by atoms with van der Waals surface area (Å²) >= 11 is 0. The SMILES string of the molecule is CNCCCNC(=O)C(C)NC(=O)Nc1ccccc1.Cl. The molecule has 0 saturated carbocycles. The second-order valence-corrected chi connectivity index (χ2v) is 4.43. The van der Waals surface area contributed by atoms with E-state index in [0.717, 1.165) is 13.0 Å². The molecule has 0 radical (unpaired) electrons. The molecule has 6 nitrogen and oxygen atoms in total. The summed E-state index contributed by atoms with van der Waals surface area (Å²) in [6.45, 7) is 3.08. The number of carbonyl (C=O) groups excluding carboxylic acids is 2. The van der Waals surface area contributed by atoms with Crippen molar-refractivity contribution in [2.24, 2.45) is 0 Å². The van der Waals surface area contributed by atoms with Gasteiger partial charge in [0.25, 0.3) is 0 Å². The third kappa shape index (κ3) is 8.16. The van der Waals surface area contributed by atoms with Gasteiger partial charge in [0.1, 0.15) is 6.04 Å². The number of nitrogens with one attached hydrogen (secondary N) is 4. The molecule has 1 aromatic rings. The molecule has 7 heteroatoms. The highest BCUT2D eigenvalue weighted by Crippen LogP contribution is 2.04. The molecule has 4 N–H and O–H groups in total. The van der Waals surface area contributed by atoms with Crippen LogP contribution in [0.1, 0.15) is 13.3 Å². The Hall–Kier alpha value is -1.79. The van der Waals surface area contributed by atoms with Crippen molar-refractivity contribution >= 4 is 30.0 Å². The summed E-state index contributed by atoms with van der Waals surface area (Å²) in [4.78, 5) is 23.4. The molecule has 0 aliphatic heterocycles. The highest BCUT2D eigenvalue weighted by Gasteiger charge is 2.14. The van der Waals surface area contributed by atoms with E-state index in [2.05, 4.69) is 21.3 Å². The van der Waals surface area contributed by atoms with Crippen molar-refractivity contribution in [2.75, 3.05) is 25.5 Å². The molecular formula is C14H23ClN4O2. The lowest BCUT2D eigenvalue weighted by molar-refractivity contribution is -0.122. The number of hydrogen-bond donors (Lipinski definition) is 4. The average Bonchev–Trinajstić information content (AvgIpc) is 2.44. The highest BCUT2D eigenvalue weighted by molar-refractivity contribution is 5.93. The lowest BCUT2D eigenvalue weighted by Gasteiger charge is -2.14. The fourth-order valence-electron chi connectivity index (χ4n) is 1.58. The van der Waals surface area contributed by atoms with Crippen LogP contribution in [0.25, 0.3) is 0 Å². The smallest absolute Gasteiger partial charge is 0.319 e. The van der Waals surface area contributed by atoms with Crippen LogP contribution in [-0.4, -0.2) is 38.1 Å². The molecule has 0 fully saturated rings. The molecule has 1 aromatic carbocycles. The first kappa shape index (κ1) is 19.2. The Balaban J connectivity index is 0.00000400. The van der Waals surface area contributed by atoms with Gasteiger partial charge in [-0.1, -0.05) is 18.2 Å². The fourth-order valence-corrected chi connectivity index (χ4v) is 1.58. The van der Waals surface area contributed by atoms with E-state index < -0.39 is 12.1 Å². The maximum Gasteiger partial charge on any atom is 0.319 e. The van der Waals surface area contributed by atoms with Crippen LogP contribution in [0.5, 0.6) is 0 Å². The quantitative estimate of drug-likeness (QED) is 0.573. The molecule has 1 rings (SSSR count). The number of hydrogen-bond acceptors (Lipinski definition) is 3. The summed E-state index contributed by atoms with van der Waals surface area (Å²) in [6.07, 6.45) is 0.852. The number of rotatable bonds is 7. The normalized spacial score (nSPS) is 11.0. The van der Waals surface area contributed by atoms with Crippen molar-refractivity contribution in [3.05, 3.63) is 30.3 Å². The maximum atomic E-state index is 11.7. The van der Waals surface area contributed by atoms with Crippen LogP contribution >= 0.6 is 12.4 Å². The summed E-state index contributed by atoms with van der Waals surface area (Å²) in [7, 11) is 1.86. The molecule has 1 atom stereocenters. The molecule has 0 bridgehead atoms. The maximum absolute atomic E-state index is 11.7. The number of anilines is 1. The van der Waals surface area contributed by atoms with E-state index in [1.165, 1.54) is 0 Å². The van der Waals surface area contributed by atoms with E-state index in [1.807, 2.05) is 25.2 Å². The van der Waals surface area contributed by atoms with Crippen LogP contribution in [0, 0.1) is 0 Å². The minimum atomic E-state index is -0.576. The first-order valence-electron chi connectivity index (χ1n) is 6.68. The van der Waals surface area contributed by atoms with Gasteiger partial charge < -0.3 is 21.3 Å². The number of urea groups is 1. The van der Waals surface area contributed by atoms with Crippen molar-refractivity contribution in [1.82, 2.24) is 16.0 Å². The Kier molecular flexibility index (Phi) is 10.0. The zero-order chi connectivity index (χ0) is 14.8. The molecule has 118 valence electrons. The summed E-state index contributed by atoms with van der Waals surface area (Å²) in [6, 6.07) is 8.11. The zero-order valence-corrected chi connectivity index (χ0v) is 13.1. The largest absolute Gasteiger partial charge is 0.354 e. The Morgan fingerprint density at radius 3 is 2.43 bits per heavy atom. The Bertz CT molecular complexity index is 428. The predicted octanol–water partition coefficient (Wildman–Crippen LogP) is 1.34. The summed E-state index contributed by atoms with van der Waals surface area (Å²) in [5, 5.41) is 11.0. The second-order valence-electron chi connectivity index (χ2n) is 4.43. The number of carbonyl (C=O) groups is 2. The van der Waals surface area contributed by atoms with Gasteiger partial charge in [0.2, 0.25) is 5.91 Å². The predicted molar refractivity (Wildman–Crippen MR) is 86.9 cm³/mol. The van der Waals surface area contributed by atoms with E-state index in [9.17, 15) is 9.59 Å². The molecule has 0 heterocycles. The molecule has 0 spiro atoms. The lowest BCUT2D eigenvalue weighted by Crippen LogP contribution is -2.46. The molecule has 0 saturated heterocycles. The lowest BCUT2D eigenvalue weighted by atomic mass is 10.3. The fraction of sp³-hybridized carbons (Fsp3) is 0.429. The Labute approximate surface area is 131 Å². The minimum absolute atomic E-state index is 0. The van der Waals surface area contributed by atoms with Crippen LogP contribution in [0.4, 0.5) is 10.5 Å². The van der Waals surface area contributed by atoms with Gasteiger partial charge in [0, 0.05) is 12.2 Å². The summed E-state index contributed by atoms with van der Waals surface area (Å²) in [5.74, 6) is -0.190. The first-order chi connectivity index (χ1) is 9.63. The third-order valence-corrected chi connectivity index (χ3v) is 2.68. The third-order valence-electron chi connectivity index (χ3n) is 2.68. The number of benzene rings is 1. The molecule has 0 aliphatic carbocycles. The van der Waals surface area contributed by atoms with Gasteiger partial charge in [0.15, 0.2) is 0 Å². The van der Waals surface area contributed by atoms with Crippen LogP contribution in [0.15, 0.2) is 30.3 Å². The van der Waals surface area contributed by atoms with E-state index in [4.69, 9.17) is 0 Å². The number of para-hydroxylation sites is 1. The van der Waals surface area contributed by atoms with E-state index in [1.54, 1.807) is 19.1 Å². The first-order valence-corrected chi connectivity index (χ1v) is 6.68. The zero-order valence-electron chi connectivity index (χ0n) is 12.3. The van der Waals surface area contributed by atoms with Crippen molar-refractivity contribution in [3.8, 4) is 0 Å². The van der Waals surface area contributed by atoms with Gasteiger partial charge >= 0.3 is 6.03 Å². The van der Waals surface area contributed by atoms with Crippen LogP contribution < -0.4 is 21.3 Å². The van der Waals surface area contributed by atoms with Crippen molar-refractivity contribution < 1.29 is 9.59 Å². The topological polar surface area (TPSA) is 82.3 Å². The Morgan fingerprint density at radius 2 is 1.81 bits per heavy atom. The van der Waals surface area contributed by atoms with E-state index >= 15 is 0 Å². The molecule has 1 unspecified atom stereocenters. The highest BCUT2D eigenvalue weighted by atomic mass is 35.5. The minimum Gasteiger partial charge on any atom is -0.354 e. The van der Waals surface area contributed by atoms with Gasteiger partial charge in [-0.25, -0.2) is 4.79 Å². The average molecular weight is 315 g/mol. The van der Waals surface area contributed by atoms with Crippen molar-refractivity contribution in [2.45, 2.75) is 19.4 Å². The van der Waals surface area contributed by atoms with Crippen LogP contribution in [-0.2, 0) is 4.79 Å². The second kappa shape index (κ2) is 10.9. The van der Waals surface area contributed by atoms with Crippen LogP contribution in [0.2, 0.25) is 0 Å². The summed E-state index contributed by atoms with van der Waals surface area (Å²) < 4.78 is 0. The van der Waals surface area contributed by atoms with E-state index in [-0.39, 0.29) is 18.3 Å². The van der Waals surface area contributed by atoms with Crippen LogP contribution in [0.3, 0.4) is 0 Å². The van der Waals surface area contributed by atoms with Gasteiger partial charge in [-0.15, -0.1) is 12.4 Å². The van der Waals surface area contributed by atoms with Crippen molar-refractivity contribution in [3.63, 3.8) is 0 Å². The van der Waals surface area contributed by atoms with Gasteiger partial charge in [-0.3, -0.25) is 4.79 Å². The Morgan fingerprint density at radius 1 is 1.14 bits per heavy atom. The molecule has 0 aliphatic rings. The summed E-state index contributed by atoms with van der Waals surface area (Å²) in [5.41, 5.74) is 0.687. The number of halogens is 1. The monoisotopic (exact) mass is 314 g/mol. The van der Waals surface area contributed by atoms with E-state index in [0.29, 0.717) is 12.2 Å². The van der Waals surface area contributed by atoms with Gasteiger partial charge in [-0.2, -0.15) is 0 Å². The van der Waals surface area contributed by atoms with Gasteiger partial charge in [-0.05, 0) is 39.1 Å².